The van der Waals surface area contributed by atoms with Gasteiger partial charge in [-0.2, -0.15) is 0 Å². The largest absolute Gasteiger partial charge is 0.505 e. The molecule has 88 valence electrons. The number of aliphatic hydroxyl groups is 2. The Labute approximate surface area is 92.3 Å². The van der Waals surface area contributed by atoms with E-state index in [1.165, 1.54) is 18.2 Å². The van der Waals surface area contributed by atoms with E-state index in [-0.39, 0.29) is 23.5 Å². The summed E-state index contributed by atoms with van der Waals surface area (Å²) < 4.78 is 0. The number of para-hydroxylation sites is 1. The Kier molecular flexibility index (Phi) is 4.10. The van der Waals surface area contributed by atoms with Crippen molar-refractivity contribution in [3.63, 3.8) is 0 Å². The Hall–Kier alpha value is -1.79. The van der Waals surface area contributed by atoms with Gasteiger partial charge in [-0.1, -0.05) is 6.07 Å². The molecule has 0 saturated carbocycles. The van der Waals surface area contributed by atoms with E-state index in [4.69, 9.17) is 15.9 Å². The zero-order valence-corrected chi connectivity index (χ0v) is 8.55. The standard InChI is InChI=1S/C10H14N2O4/c11-8-3-1-2-7(9(8)15)10(16)12-4-6(14)5-13/h1-3,6,13-15H,4-5,11H2,(H,12,16). The number of nitrogens with two attached hydrogens (primary N) is 1. The zero-order chi connectivity index (χ0) is 12.1. The number of nitrogens with one attached hydrogen (secondary N) is 1. The highest BCUT2D eigenvalue weighted by Crippen LogP contribution is 2.23. The number of carbonyl (C=O) groups excluding carboxylic acids is 1. The van der Waals surface area contributed by atoms with Gasteiger partial charge in [0.15, 0.2) is 5.75 Å². The van der Waals surface area contributed by atoms with Crippen LogP contribution in [0.1, 0.15) is 10.4 Å². The molecule has 1 atom stereocenters. The van der Waals surface area contributed by atoms with Crippen molar-refractivity contribution in [1.82, 2.24) is 5.32 Å². The third-order valence-corrected chi connectivity index (χ3v) is 2.02. The van der Waals surface area contributed by atoms with E-state index in [1.54, 1.807) is 0 Å². The zero-order valence-electron chi connectivity index (χ0n) is 8.55. The van der Waals surface area contributed by atoms with Crippen LogP contribution in [0.5, 0.6) is 5.75 Å². The Balaban J connectivity index is 2.70. The number of hydrogen-bond donors (Lipinski definition) is 5. The molecule has 1 rings (SSSR count). The van der Waals surface area contributed by atoms with Gasteiger partial charge in [0.2, 0.25) is 0 Å². The number of rotatable bonds is 4. The average molecular weight is 226 g/mol. The lowest BCUT2D eigenvalue weighted by atomic mass is 10.1. The highest BCUT2D eigenvalue weighted by Gasteiger charge is 2.13. The molecule has 0 aromatic heterocycles. The molecule has 1 unspecified atom stereocenters. The first kappa shape index (κ1) is 12.3. The summed E-state index contributed by atoms with van der Waals surface area (Å²) in [5.74, 6) is -0.851. The predicted octanol–water partition coefficient (Wildman–Crippen LogP) is -0.943. The topological polar surface area (TPSA) is 116 Å². The van der Waals surface area contributed by atoms with Gasteiger partial charge in [0.1, 0.15) is 0 Å². The van der Waals surface area contributed by atoms with E-state index < -0.39 is 18.6 Å². The first-order chi connectivity index (χ1) is 7.56. The molecule has 6 nitrogen and oxygen atoms in total. The number of carbonyl (C=O) groups is 1. The summed E-state index contributed by atoms with van der Waals surface area (Å²) in [6, 6.07) is 4.41. The number of phenols is 1. The Bertz CT molecular complexity index is 381. The molecule has 0 fully saturated rings. The number of amides is 1. The lowest BCUT2D eigenvalue weighted by Crippen LogP contribution is -2.33. The molecule has 0 radical (unpaired) electrons. The number of anilines is 1. The van der Waals surface area contributed by atoms with Crippen molar-refractivity contribution in [2.24, 2.45) is 0 Å². The monoisotopic (exact) mass is 226 g/mol. The molecular weight excluding hydrogens is 212 g/mol. The van der Waals surface area contributed by atoms with Crippen LogP contribution >= 0.6 is 0 Å². The first-order valence-corrected chi connectivity index (χ1v) is 4.70. The first-order valence-electron chi connectivity index (χ1n) is 4.70. The lowest BCUT2D eigenvalue weighted by Gasteiger charge is -2.10. The van der Waals surface area contributed by atoms with Gasteiger partial charge in [0.25, 0.3) is 5.91 Å². The second kappa shape index (κ2) is 5.34. The molecule has 0 bridgehead atoms. The molecule has 0 heterocycles. The highest BCUT2D eigenvalue weighted by atomic mass is 16.3. The fourth-order valence-electron chi connectivity index (χ4n) is 1.11. The molecule has 0 saturated heterocycles. The summed E-state index contributed by atoms with van der Waals surface area (Å²) in [7, 11) is 0. The molecule has 6 N–H and O–H groups in total. The number of aliphatic hydroxyl groups excluding tert-OH is 2. The van der Waals surface area contributed by atoms with Crippen LogP contribution in [0.3, 0.4) is 0 Å². The van der Waals surface area contributed by atoms with Crippen LogP contribution in [0.4, 0.5) is 5.69 Å². The highest BCUT2D eigenvalue weighted by molar-refractivity contribution is 5.98. The molecule has 6 heteroatoms. The van der Waals surface area contributed by atoms with Gasteiger partial charge in [-0.3, -0.25) is 4.79 Å². The minimum atomic E-state index is -1.02. The molecule has 1 amide bonds. The fraction of sp³-hybridized carbons (Fsp3) is 0.300. The summed E-state index contributed by atoms with van der Waals surface area (Å²) in [4.78, 5) is 11.5. The maximum atomic E-state index is 11.5. The summed E-state index contributed by atoms with van der Waals surface area (Å²) in [5.41, 5.74) is 5.56. The maximum absolute atomic E-state index is 11.5. The predicted molar refractivity (Wildman–Crippen MR) is 57.9 cm³/mol. The quantitative estimate of drug-likeness (QED) is 0.335. The second-order valence-electron chi connectivity index (χ2n) is 3.29. The van der Waals surface area contributed by atoms with E-state index in [2.05, 4.69) is 5.32 Å². The van der Waals surface area contributed by atoms with Crippen molar-refractivity contribution in [3.05, 3.63) is 23.8 Å². The fourth-order valence-corrected chi connectivity index (χ4v) is 1.11. The number of aromatic hydroxyl groups is 1. The van der Waals surface area contributed by atoms with Gasteiger partial charge in [-0.15, -0.1) is 0 Å². The van der Waals surface area contributed by atoms with Gasteiger partial charge in [-0.25, -0.2) is 0 Å². The second-order valence-corrected chi connectivity index (χ2v) is 3.29. The third-order valence-electron chi connectivity index (χ3n) is 2.02. The molecule has 16 heavy (non-hydrogen) atoms. The van der Waals surface area contributed by atoms with Crippen LogP contribution in [0.2, 0.25) is 0 Å². The van der Waals surface area contributed by atoms with Gasteiger partial charge < -0.3 is 26.4 Å². The number of nitrogen functional groups attached to an aromatic ring is 1. The molecule has 0 aliphatic carbocycles. The molecule has 0 aliphatic rings. The molecule has 0 aliphatic heterocycles. The van der Waals surface area contributed by atoms with Gasteiger partial charge in [0.05, 0.1) is 24.0 Å². The average Bonchev–Trinajstić information content (AvgIpc) is 2.29. The summed E-state index contributed by atoms with van der Waals surface area (Å²) >= 11 is 0. The van der Waals surface area contributed by atoms with Crippen molar-refractivity contribution in [2.75, 3.05) is 18.9 Å². The van der Waals surface area contributed by atoms with Crippen molar-refractivity contribution in [1.29, 1.82) is 0 Å². The minimum absolute atomic E-state index is 0.0325. The minimum Gasteiger partial charge on any atom is -0.505 e. The molecular formula is C10H14N2O4. The molecule has 1 aromatic rings. The van der Waals surface area contributed by atoms with Crippen LogP contribution in [0.15, 0.2) is 18.2 Å². The van der Waals surface area contributed by atoms with Crippen LogP contribution in [0, 0.1) is 0 Å². The van der Waals surface area contributed by atoms with E-state index in [0.717, 1.165) is 0 Å². The van der Waals surface area contributed by atoms with Crippen molar-refractivity contribution < 1.29 is 20.1 Å². The Morgan fingerprint density at radius 2 is 2.19 bits per heavy atom. The van der Waals surface area contributed by atoms with Gasteiger partial charge in [0, 0.05) is 6.54 Å². The van der Waals surface area contributed by atoms with Crippen molar-refractivity contribution in [2.45, 2.75) is 6.10 Å². The Morgan fingerprint density at radius 3 is 2.81 bits per heavy atom. The summed E-state index contributed by atoms with van der Waals surface area (Å²) in [5, 5.41) is 29.4. The van der Waals surface area contributed by atoms with Crippen molar-refractivity contribution in [3.8, 4) is 5.75 Å². The van der Waals surface area contributed by atoms with Crippen LogP contribution < -0.4 is 11.1 Å². The van der Waals surface area contributed by atoms with Crippen LogP contribution in [-0.2, 0) is 0 Å². The van der Waals surface area contributed by atoms with E-state index in [1.807, 2.05) is 0 Å². The van der Waals surface area contributed by atoms with Gasteiger partial charge >= 0.3 is 0 Å². The van der Waals surface area contributed by atoms with Crippen LogP contribution in [-0.4, -0.2) is 40.5 Å². The molecule has 0 spiro atoms. The lowest BCUT2D eigenvalue weighted by molar-refractivity contribution is 0.0800. The third kappa shape index (κ3) is 2.85. The van der Waals surface area contributed by atoms with E-state index in [9.17, 15) is 9.90 Å². The maximum Gasteiger partial charge on any atom is 0.255 e. The number of phenolic OH excluding ortho intramolecular Hbond substituents is 1. The van der Waals surface area contributed by atoms with Gasteiger partial charge in [-0.05, 0) is 12.1 Å². The number of hydrogen-bond acceptors (Lipinski definition) is 5. The SMILES string of the molecule is Nc1cccc(C(=O)NCC(O)CO)c1O. The van der Waals surface area contributed by atoms with Crippen LogP contribution in [0.25, 0.3) is 0 Å². The summed E-state index contributed by atoms with van der Waals surface area (Å²) in [6.45, 7) is -0.535. The molecule has 1 aromatic carbocycles. The van der Waals surface area contributed by atoms with E-state index in [0.29, 0.717) is 0 Å². The normalized spacial score (nSPS) is 12.1. The smallest absolute Gasteiger partial charge is 0.255 e. The van der Waals surface area contributed by atoms with E-state index >= 15 is 0 Å². The Morgan fingerprint density at radius 1 is 1.50 bits per heavy atom. The summed E-state index contributed by atoms with van der Waals surface area (Å²) in [6.07, 6.45) is -1.02. The number of benzene rings is 1. The van der Waals surface area contributed by atoms with Crippen molar-refractivity contribution >= 4 is 11.6 Å².